The fraction of sp³-hybridized carbons (Fsp3) is 0.889. The summed E-state index contributed by atoms with van der Waals surface area (Å²) in [6, 6.07) is 0. The van der Waals surface area contributed by atoms with Crippen molar-refractivity contribution in [3.05, 3.63) is 0 Å². The molecule has 0 aliphatic rings. The SMILES string of the molecule is CCC(O)O/N=C(\C)C(C)(C)C. The van der Waals surface area contributed by atoms with Gasteiger partial charge in [0.15, 0.2) is 0 Å². The van der Waals surface area contributed by atoms with E-state index in [2.05, 4.69) is 5.16 Å². The van der Waals surface area contributed by atoms with Gasteiger partial charge in [0.05, 0.1) is 5.71 Å². The van der Waals surface area contributed by atoms with Gasteiger partial charge < -0.3 is 9.94 Å². The van der Waals surface area contributed by atoms with E-state index in [1.165, 1.54) is 0 Å². The molecular formula is C9H19NO2. The molecule has 0 rings (SSSR count). The molecule has 3 heteroatoms. The molecule has 0 aliphatic heterocycles. The zero-order valence-corrected chi connectivity index (χ0v) is 8.59. The quantitative estimate of drug-likeness (QED) is 0.403. The normalized spacial score (nSPS) is 16.0. The van der Waals surface area contributed by atoms with E-state index in [4.69, 9.17) is 9.94 Å². The minimum absolute atomic E-state index is 0.00740. The fourth-order valence-electron chi connectivity index (χ4n) is 0.351. The number of hydrogen-bond donors (Lipinski definition) is 1. The highest BCUT2D eigenvalue weighted by atomic mass is 16.7. The van der Waals surface area contributed by atoms with E-state index in [-0.39, 0.29) is 5.41 Å². The minimum atomic E-state index is -0.776. The van der Waals surface area contributed by atoms with Crippen LogP contribution in [0.1, 0.15) is 41.0 Å². The lowest BCUT2D eigenvalue weighted by molar-refractivity contribution is -0.0997. The first-order valence-electron chi connectivity index (χ1n) is 4.27. The van der Waals surface area contributed by atoms with Gasteiger partial charge in [0.25, 0.3) is 0 Å². The Labute approximate surface area is 74.4 Å². The van der Waals surface area contributed by atoms with Gasteiger partial charge in [-0.3, -0.25) is 0 Å². The average molecular weight is 173 g/mol. The van der Waals surface area contributed by atoms with Crippen LogP contribution in [-0.2, 0) is 4.84 Å². The summed E-state index contributed by atoms with van der Waals surface area (Å²) in [6.07, 6.45) is -0.219. The molecule has 0 heterocycles. The van der Waals surface area contributed by atoms with Crippen LogP contribution in [0.3, 0.4) is 0 Å². The molecule has 12 heavy (non-hydrogen) atoms. The second-order valence-corrected chi connectivity index (χ2v) is 3.90. The number of aliphatic hydroxyl groups excluding tert-OH is 1. The van der Waals surface area contributed by atoms with Crippen LogP contribution in [0, 0.1) is 5.41 Å². The van der Waals surface area contributed by atoms with E-state index in [1.807, 2.05) is 34.6 Å². The van der Waals surface area contributed by atoms with Gasteiger partial charge in [0.1, 0.15) is 0 Å². The highest BCUT2D eigenvalue weighted by Gasteiger charge is 2.15. The van der Waals surface area contributed by atoms with Crippen LogP contribution in [0.4, 0.5) is 0 Å². The summed E-state index contributed by atoms with van der Waals surface area (Å²) >= 11 is 0. The Morgan fingerprint density at radius 2 is 2.00 bits per heavy atom. The van der Waals surface area contributed by atoms with Gasteiger partial charge in [-0.25, -0.2) is 0 Å². The van der Waals surface area contributed by atoms with Gasteiger partial charge in [-0.2, -0.15) is 0 Å². The molecule has 0 amide bonds. The molecule has 0 bridgehead atoms. The third kappa shape index (κ3) is 4.34. The number of rotatable bonds is 3. The first-order valence-corrected chi connectivity index (χ1v) is 4.27. The van der Waals surface area contributed by atoms with Crippen molar-refractivity contribution in [2.24, 2.45) is 10.6 Å². The molecule has 72 valence electrons. The number of oxime groups is 1. The molecule has 0 aromatic carbocycles. The van der Waals surface area contributed by atoms with E-state index in [0.29, 0.717) is 6.42 Å². The van der Waals surface area contributed by atoms with E-state index < -0.39 is 6.29 Å². The third-order valence-corrected chi connectivity index (χ3v) is 1.75. The Morgan fingerprint density at radius 3 is 2.33 bits per heavy atom. The number of nitrogens with zero attached hydrogens (tertiary/aromatic N) is 1. The first-order chi connectivity index (χ1) is 5.38. The van der Waals surface area contributed by atoms with E-state index in [9.17, 15) is 0 Å². The molecule has 0 saturated heterocycles. The van der Waals surface area contributed by atoms with Crippen molar-refractivity contribution >= 4 is 5.71 Å². The lowest BCUT2D eigenvalue weighted by Crippen LogP contribution is -2.18. The van der Waals surface area contributed by atoms with Gasteiger partial charge in [-0.15, -0.1) is 0 Å². The Hall–Kier alpha value is -0.570. The monoisotopic (exact) mass is 173 g/mol. The van der Waals surface area contributed by atoms with Crippen molar-refractivity contribution < 1.29 is 9.94 Å². The molecule has 1 atom stereocenters. The van der Waals surface area contributed by atoms with Crippen LogP contribution >= 0.6 is 0 Å². The van der Waals surface area contributed by atoms with E-state index in [1.54, 1.807) is 0 Å². The summed E-state index contributed by atoms with van der Waals surface area (Å²) < 4.78 is 0. The minimum Gasteiger partial charge on any atom is -0.364 e. The predicted octanol–water partition coefficient (Wildman–Crippen LogP) is 2.15. The van der Waals surface area contributed by atoms with Crippen LogP contribution in [-0.4, -0.2) is 17.1 Å². The van der Waals surface area contributed by atoms with Crippen molar-refractivity contribution in [3.63, 3.8) is 0 Å². The Bertz CT molecular complexity index is 158. The average Bonchev–Trinajstić information content (AvgIpc) is 1.97. The maximum absolute atomic E-state index is 9.04. The van der Waals surface area contributed by atoms with Crippen molar-refractivity contribution in [1.82, 2.24) is 0 Å². The molecule has 0 aromatic rings. The van der Waals surface area contributed by atoms with Crippen LogP contribution in [0.2, 0.25) is 0 Å². The summed E-state index contributed by atoms with van der Waals surface area (Å²) in [7, 11) is 0. The van der Waals surface area contributed by atoms with Crippen molar-refractivity contribution in [2.75, 3.05) is 0 Å². The second kappa shape index (κ2) is 4.45. The lowest BCUT2D eigenvalue weighted by atomic mass is 9.91. The molecule has 0 fully saturated rings. The summed E-state index contributed by atoms with van der Waals surface area (Å²) in [6.45, 7) is 9.88. The summed E-state index contributed by atoms with van der Waals surface area (Å²) in [5, 5.41) is 12.9. The fourth-order valence-corrected chi connectivity index (χ4v) is 0.351. The van der Waals surface area contributed by atoms with Gasteiger partial charge in [0.2, 0.25) is 6.29 Å². The third-order valence-electron chi connectivity index (χ3n) is 1.75. The molecule has 0 radical (unpaired) electrons. The Balaban J connectivity index is 4.01. The van der Waals surface area contributed by atoms with Gasteiger partial charge >= 0.3 is 0 Å². The summed E-state index contributed by atoms with van der Waals surface area (Å²) in [5.41, 5.74) is 0.892. The second-order valence-electron chi connectivity index (χ2n) is 3.90. The summed E-state index contributed by atoms with van der Waals surface area (Å²) in [5.74, 6) is 0. The Morgan fingerprint density at radius 1 is 1.50 bits per heavy atom. The van der Waals surface area contributed by atoms with Crippen LogP contribution in [0.5, 0.6) is 0 Å². The summed E-state index contributed by atoms with van der Waals surface area (Å²) in [4.78, 5) is 4.82. The maximum Gasteiger partial charge on any atom is 0.224 e. The molecule has 3 nitrogen and oxygen atoms in total. The van der Waals surface area contributed by atoms with Crippen LogP contribution in [0.15, 0.2) is 5.16 Å². The highest BCUT2D eigenvalue weighted by molar-refractivity contribution is 5.86. The lowest BCUT2D eigenvalue weighted by Gasteiger charge is -2.17. The molecule has 0 spiro atoms. The zero-order valence-electron chi connectivity index (χ0n) is 8.59. The van der Waals surface area contributed by atoms with E-state index >= 15 is 0 Å². The highest BCUT2D eigenvalue weighted by Crippen LogP contribution is 2.15. The molecule has 0 saturated carbocycles. The number of aliphatic hydroxyl groups is 1. The van der Waals surface area contributed by atoms with Crippen molar-refractivity contribution in [1.29, 1.82) is 0 Å². The largest absolute Gasteiger partial charge is 0.364 e. The molecule has 1 unspecified atom stereocenters. The van der Waals surface area contributed by atoms with Gasteiger partial charge in [-0.1, -0.05) is 32.9 Å². The van der Waals surface area contributed by atoms with Crippen LogP contribution < -0.4 is 0 Å². The van der Waals surface area contributed by atoms with E-state index in [0.717, 1.165) is 5.71 Å². The molecular weight excluding hydrogens is 154 g/mol. The maximum atomic E-state index is 9.04. The number of hydrogen-bond acceptors (Lipinski definition) is 3. The van der Waals surface area contributed by atoms with Gasteiger partial charge in [-0.05, 0) is 6.92 Å². The van der Waals surface area contributed by atoms with Crippen molar-refractivity contribution in [2.45, 2.75) is 47.3 Å². The topological polar surface area (TPSA) is 41.8 Å². The Kier molecular flexibility index (Phi) is 4.24. The van der Waals surface area contributed by atoms with Crippen LogP contribution in [0.25, 0.3) is 0 Å². The van der Waals surface area contributed by atoms with Crippen molar-refractivity contribution in [3.8, 4) is 0 Å². The molecule has 0 aliphatic carbocycles. The standard InChI is InChI=1S/C9H19NO2/c1-6-8(11)12-10-7(2)9(3,4)5/h8,11H,6H2,1-5H3/b10-7+. The predicted molar refractivity (Wildman–Crippen MR) is 49.9 cm³/mol. The molecule has 0 aromatic heterocycles. The van der Waals surface area contributed by atoms with Gasteiger partial charge in [0, 0.05) is 11.8 Å². The first kappa shape index (κ1) is 11.4. The zero-order chi connectivity index (χ0) is 9.78. The molecule has 1 N–H and O–H groups in total. The smallest absolute Gasteiger partial charge is 0.224 e.